The Morgan fingerprint density at radius 2 is 1.91 bits per heavy atom. The van der Waals surface area contributed by atoms with E-state index in [9.17, 15) is 9.59 Å². The Bertz CT molecular complexity index is 1220. The molecule has 8 nitrogen and oxygen atoms in total. The lowest BCUT2D eigenvalue weighted by Crippen LogP contribution is -2.26. The van der Waals surface area contributed by atoms with Gasteiger partial charge in [0.15, 0.2) is 11.5 Å². The van der Waals surface area contributed by atoms with Crippen LogP contribution >= 0.6 is 0 Å². The van der Waals surface area contributed by atoms with Gasteiger partial charge in [0, 0.05) is 24.9 Å². The van der Waals surface area contributed by atoms with Gasteiger partial charge in [-0.05, 0) is 47.7 Å². The number of amides is 1. The Morgan fingerprint density at radius 3 is 2.53 bits per heavy atom. The van der Waals surface area contributed by atoms with E-state index in [4.69, 9.17) is 14.2 Å². The predicted octanol–water partition coefficient (Wildman–Crippen LogP) is 3.05. The molecule has 1 amide bonds. The number of carbonyl (C=O) groups is 1. The summed E-state index contributed by atoms with van der Waals surface area (Å²) in [5.41, 5.74) is 3.59. The first-order valence-electron chi connectivity index (χ1n) is 10.2. The van der Waals surface area contributed by atoms with Gasteiger partial charge in [-0.2, -0.15) is 0 Å². The number of nitrogens with zero attached hydrogens (tertiary/aromatic N) is 2. The van der Waals surface area contributed by atoms with E-state index < -0.39 is 0 Å². The zero-order valence-electron chi connectivity index (χ0n) is 18.5. The maximum atomic E-state index is 13.2. The van der Waals surface area contributed by atoms with Crippen LogP contribution in [0.4, 0.5) is 0 Å². The fraction of sp³-hybridized carbons (Fsp3) is 0.292. The molecule has 2 aromatic carbocycles. The molecular formula is C24H25N3O5. The molecular weight excluding hydrogens is 410 g/mol. The molecule has 1 heterocycles. The number of aryl methyl sites for hydroxylation is 1. The number of ether oxygens (including phenoxy) is 3. The van der Waals surface area contributed by atoms with Crippen molar-refractivity contribution in [1.29, 1.82) is 0 Å². The molecule has 0 bridgehead atoms. The number of nitrogens with one attached hydrogen (secondary N) is 1. The average molecular weight is 435 g/mol. The van der Waals surface area contributed by atoms with Crippen molar-refractivity contribution in [2.45, 2.75) is 25.8 Å². The van der Waals surface area contributed by atoms with Gasteiger partial charge in [0.2, 0.25) is 17.1 Å². The highest BCUT2D eigenvalue weighted by Gasteiger charge is 2.29. The molecule has 8 heteroatoms. The van der Waals surface area contributed by atoms with Crippen molar-refractivity contribution in [2.24, 2.45) is 0 Å². The number of hydrogen-bond acceptors (Lipinski definition) is 6. The molecule has 1 atom stereocenters. The number of methoxy groups -OCH3 is 3. The highest BCUT2D eigenvalue weighted by atomic mass is 16.5. The van der Waals surface area contributed by atoms with E-state index in [1.165, 1.54) is 6.92 Å². The van der Waals surface area contributed by atoms with E-state index >= 15 is 0 Å². The summed E-state index contributed by atoms with van der Waals surface area (Å²) >= 11 is 0. The molecule has 4 rings (SSSR count). The van der Waals surface area contributed by atoms with Gasteiger partial charge in [-0.1, -0.05) is 6.07 Å². The van der Waals surface area contributed by atoms with Crippen molar-refractivity contribution in [3.8, 4) is 34.1 Å². The third-order valence-corrected chi connectivity index (χ3v) is 5.68. The highest BCUT2D eigenvalue weighted by molar-refractivity contribution is 5.83. The third kappa shape index (κ3) is 3.68. The van der Waals surface area contributed by atoms with Gasteiger partial charge < -0.3 is 24.1 Å². The van der Waals surface area contributed by atoms with Crippen molar-refractivity contribution < 1.29 is 19.0 Å². The van der Waals surface area contributed by atoms with E-state index in [2.05, 4.69) is 10.3 Å². The van der Waals surface area contributed by atoms with Crippen LogP contribution in [-0.4, -0.2) is 36.8 Å². The van der Waals surface area contributed by atoms with E-state index in [0.29, 0.717) is 35.8 Å². The molecule has 1 aliphatic rings. The lowest BCUT2D eigenvalue weighted by atomic mass is 9.95. The minimum atomic E-state index is -0.340. The van der Waals surface area contributed by atoms with E-state index in [-0.39, 0.29) is 17.4 Å². The maximum absolute atomic E-state index is 13.2. The molecule has 166 valence electrons. The van der Waals surface area contributed by atoms with Crippen LogP contribution in [0.2, 0.25) is 0 Å². The molecule has 1 N–H and O–H groups in total. The summed E-state index contributed by atoms with van der Waals surface area (Å²) in [6, 6.07) is 6.83. The van der Waals surface area contributed by atoms with Crippen molar-refractivity contribution in [3.05, 3.63) is 64.3 Å². The predicted molar refractivity (Wildman–Crippen MR) is 120 cm³/mol. The Hall–Kier alpha value is -3.81. The lowest BCUT2D eigenvalue weighted by molar-refractivity contribution is -0.119. The number of hydrogen-bond donors (Lipinski definition) is 1. The van der Waals surface area contributed by atoms with Crippen LogP contribution < -0.4 is 25.0 Å². The molecule has 0 fully saturated rings. The first-order chi connectivity index (χ1) is 15.5. The number of carbonyl (C=O) groups excluding carboxylic acids is 1. The van der Waals surface area contributed by atoms with Crippen molar-refractivity contribution in [1.82, 2.24) is 14.9 Å². The monoisotopic (exact) mass is 435 g/mol. The van der Waals surface area contributed by atoms with Crippen LogP contribution in [-0.2, 0) is 11.2 Å². The van der Waals surface area contributed by atoms with Gasteiger partial charge >= 0.3 is 0 Å². The summed E-state index contributed by atoms with van der Waals surface area (Å²) in [5.74, 6) is 1.39. The first-order valence-corrected chi connectivity index (χ1v) is 10.2. The minimum Gasteiger partial charge on any atom is -0.493 e. The van der Waals surface area contributed by atoms with Gasteiger partial charge in [0.25, 0.3) is 0 Å². The van der Waals surface area contributed by atoms with Crippen LogP contribution in [0.15, 0.2) is 47.8 Å². The number of fused-ring (bicyclic) bond motifs is 3. The summed E-state index contributed by atoms with van der Waals surface area (Å²) in [6.45, 7) is 1.47. The fourth-order valence-corrected chi connectivity index (χ4v) is 4.31. The second-order valence-corrected chi connectivity index (χ2v) is 7.54. The van der Waals surface area contributed by atoms with Crippen molar-refractivity contribution >= 4 is 5.91 Å². The summed E-state index contributed by atoms with van der Waals surface area (Å²) in [4.78, 5) is 29.2. The molecule has 1 aliphatic carbocycles. The van der Waals surface area contributed by atoms with Gasteiger partial charge in [0.1, 0.15) is 0 Å². The summed E-state index contributed by atoms with van der Waals surface area (Å²) in [7, 11) is 4.71. The number of rotatable bonds is 5. The number of benzene rings is 1. The maximum Gasteiger partial charge on any atom is 0.217 e. The number of imidazole rings is 1. The zero-order valence-corrected chi connectivity index (χ0v) is 18.5. The molecule has 3 aromatic rings. The molecule has 0 unspecified atom stereocenters. The Labute approximate surface area is 185 Å². The standard InChI is InChI=1S/C24H25N3O5/c1-14(28)26-18-7-5-15-11-21(30-2)23(31-3)24(32-4)22(15)16-6-8-19(20(29)12-17(16)18)27-10-9-25-13-27/h6,8-13,18H,5,7H2,1-4H3,(H,26,28)/t18-/m0/s1. The summed E-state index contributed by atoms with van der Waals surface area (Å²) < 4.78 is 18.6. The summed E-state index contributed by atoms with van der Waals surface area (Å²) in [6.07, 6.45) is 6.18. The topological polar surface area (TPSA) is 91.7 Å². The SMILES string of the molecule is COc1cc2c(c(OC)c1OC)-c1ccc(-n3ccnc3)c(=O)cc1[C@@H](NC(C)=O)CC2. The van der Waals surface area contributed by atoms with Crippen LogP contribution in [0.1, 0.15) is 30.5 Å². The third-order valence-electron chi connectivity index (χ3n) is 5.68. The second-order valence-electron chi connectivity index (χ2n) is 7.54. The first kappa shape index (κ1) is 21.4. The fourth-order valence-electron chi connectivity index (χ4n) is 4.31. The smallest absolute Gasteiger partial charge is 0.217 e. The molecule has 0 aliphatic heterocycles. The zero-order chi connectivity index (χ0) is 22.8. The molecule has 32 heavy (non-hydrogen) atoms. The molecule has 0 saturated carbocycles. The van der Waals surface area contributed by atoms with E-state index in [1.54, 1.807) is 56.8 Å². The molecule has 0 saturated heterocycles. The lowest BCUT2D eigenvalue weighted by Gasteiger charge is -2.19. The Balaban J connectivity index is 2.07. The van der Waals surface area contributed by atoms with E-state index in [0.717, 1.165) is 22.3 Å². The van der Waals surface area contributed by atoms with Gasteiger partial charge in [-0.3, -0.25) is 9.59 Å². The van der Waals surface area contributed by atoms with Crippen LogP contribution in [0.25, 0.3) is 16.8 Å². The molecule has 1 aromatic heterocycles. The Kier molecular flexibility index (Phi) is 5.85. The minimum absolute atomic E-state index is 0.164. The van der Waals surface area contributed by atoms with Crippen LogP contribution in [0.5, 0.6) is 17.2 Å². The van der Waals surface area contributed by atoms with Crippen LogP contribution in [0, 0.1) is 0 Å². The molecule has 0 spiro atoms. The van der Waals surface area contributed by atoms with Gasteiger partial charge in [0.05, 0.1) is 39.4 Å². The highest BCUT2D eigenvalue weighted by Crippen LogP contribution is 2.50. The largest absolute Gasteiger partial charge is 0.493 e. The molecule has 0 radical (unpaired) electrons. The van der Waals surface area contributed by atoms with Gasteiger partial charge in [-0.25, -0.2) is 4.98 Å². The summed E-state index contributed by atoms with van der Waals surface area (Å²) in [5, 5.41) is 3.00. The van der Waals surface area contributed by atoms with E-state index in [1.807, 2.05) is 12.1 Å². The van der Waals surface area contributed by atoms with Crippen molar-refractivity contribution in [2.75, 3.05) is 21.3 Å². The quantitative estimate of drug-likeness (QED) is 0.662. The van der Waals surface area contributed by atoms with Gasteiger partial charge in [-0.15, -0.1) is 0 Å². The normalized spacial score (nSPS) is 14.6. The number of aromatic nitrogens is 2. The second kappa shape index (κ2) is 8.74. The van der Waals surface area contributed by atoms with Crippen LogP contribution in [0.3, 0.4) is 0 Å². The Morgan fingerprint density at radius 1 is 1.12 bits per heavy atom. The van der Waals surface area contributed by atoms with Crippen molar-refractivity contribution in [3.63, 3.8) is 0 Å². The average Bonchev–Trinajstić information content (AvgIpc) is 3.20.